The zero-order valence-corrected chi connectivity index (χ0v) is 15.6. The fourth-order valence-electron chi connectivity index (χ4n) is 3.66. The molecule has 0 aliphatic heterocycles. The lowest BCUT2D eigenvalue weighted by Crippen LogP contribution is -2.24. The fourth-order valence-corrected chi connectivity index (χ4v) is 3.66. The normalized spacial score (nSPS) is 12.2. The summed E-state index contributed by atoms with van der Waals surface area (Å²) in [5.41, 5.74) is 4.19. The zero-order valence-electron chi connectivity index (χ0n) is 15.6. The van der Waals surface area contributed by atoms with Crippen LogP contribution in [0.1, 0.15) is 54.8 Å². The first-order chi connectivity index (χ1) is 12.9. The molecule has 3 aromatic rings. The highest BCUT2D eigenvalue weighted by molar-refractivity contribution is 5.32. The summed E-state index contributed by atoms with van der Waals surface area (Å²) in [4.78, 5) is 0. The van der Waals surface area contributed by atoms with Gasteiger partial charge in [-0.15, -0.1) is 0 Å². The first-order valence-corrected chi connectivity index (χ1v) is 9.76. The van der Waals surface area contributed by atoms with Gasteiger partial charge in [-0.1, -0.05) is 104 Å². The van der Waals surface area contributed by atoms with Gasteiger partial charge in [0, 0.05) is 12.0 Å². The Hall–Kier alpha value is -2.38. The highest BCUT2D eigenvalue weighted by Gasteiger charge is 2.15. The van der Waals surface area contributed by atoms with E-state index in [0.717, 1.165) is 13.0 Å². The summed E-state index contributed by atoms with van der Waals surface area (Å²) < 4.78 is 0. The van der Waals surface area contributed by atoms with Crippen LogP contribution in [0.2, 0.25) is 0 Å². The quantitative estimate of drug-likeness (QED) is 0.478. The smallest absolute Gasteiger partial charge is 0.0320 e. The van der Waals surface area contributed by atoms with Crippen LogP contribution in [0.15, 0.2) is 91.0 Å². The van der Waals surface area contributed by atoms with Gasteiger partial charge < -0.3 is 5.32 Å². The van der Waals surface area contributed by atoms with Gasteiger partial charge in [0.25, 0.3) is 0 Å². The molecule has 0 spiro atoms. The second-order valence-corrected chi connectivity index (χ2v) is 6.87. The summed E-state index contributed by atoms with van der Waals surface area (Å²) in [7, 11) is 0. The minimum absolute atomic E-state index is 0.433. The molecule has 1 N–H and O–H groups in total. The van der Waals surface area contributed by atoms with Gasteiger partial charge in [0.1, 0.15) is 0 Å². The molecule has 1 unspecified atom stereocenters. The maximum atomic E-state index is 3.81. The van der Waals surface area contributed by atoms with Crippen LogP contribution in [0.25, 0.3) is 0 Å². The monoisotopic (exact) mass is 343 g/mol. The van der Waals surface area contributed by atoms with Crippen molar-refractivity contribution in [1.29, 1.82) is 0 Å². The van der Waals surface area contributed by atoms with E-state index in [2.05, 4.69) is 103 Å². The van der Waals surface area contributed by atoms with Crippen LogP contribution >= 0.6 is 0 Å². The van der Waals surface area contributed by atoms with E-state index in [9.17, 15) is 0 Å². The molecule has 26 heavy (non-hydrogen) atoms. The summed E-state index contributed by atoms with van der Waals surface area (Å²) in [6, 6.07) is 33.0. The Morgan fingerprint density at radius 3 is 1.54 bits per heavy atom. The molecule has 1 heteroatoms. The van der Waals surface area contributed by atoms with Crippen molar-refractivity contribution in [3.63, 3.8) is 0 Å². The predicted molar refractivity (Wildman–Crippen MR) is 111 cm³/mol. The Balaban J connectivity index is 1.69. The van der Waals surface area contributed by atoms with Crippen molar-refractivity contribution in [1.82, 2.24) is 5.32 Å². The first-order valence-electron chi connectivity index (χ1n) is 9.76. The van der Waals surface area contributed by atoms with Gasteiger partial charge in [0.2, 0.25) is 0 Å². The van der Waals surface area contributed by atoms with Crippen LogP contribution in [-0.2, 0) is 0 Å². The molecule has 0 saturated heterocycles. The number of rotatable bonds is 9. The molecule has 0 heterocycles. The van der Waals surface area contributed by atoms with E-state index in [0.29, 0.717) is 12.0 Å². The summed E-state index contributed by atoms with van der Waals surface area (Å²) in [5, 5.41) is 3.81. The summed E-state index contributed by atoms with van der Waals surface area (Å²) >= 11 is 0. The summed E-state index contributed by atoms with van der Waals surface area (Å²) in [6.07, 6.45) is 3.46. The largest absolute Gasteiger partial charge is 0.310 e. The highest BCUT2D eigenvalue weighted by Crippen LogP contribution is 2.28. The average Bonchev–Trinajstić information content (AvgIpc) is 2.72. The summed E-state index contributed by atoms with van der Waals surface area (Å²) in [6.45, 7) is 3.27. The van der Waals surface area contributed by atoms with Crippen LogP contribution in [0.5, 0.6) is 0 Å². The molecule has 0 saturated carbocycles. The lowest BCUT2D eigenvalue weighted by molar-refractivity contribution is 0.479. The van der Waals surface area contributed by atoms with Crippen molar-refractivity contribution in [2.24, 2.45) is 0 Å². The summed E-state index contributed by atoms with van der Waals surface area (Å²) in [5.74, 6) is 0.433. The molecular weight excluding hydrogens is 314 g/mol. The van der Waals surface area contributed by atoms with Crippen molar-refractivity contribution in [3.05, 3.63) is 108 Å². The van der Waals surface area contributed by atoms with E-state index in [1.165, 1.54) is 29.5 Å². The predicted octanol–water partition coefficient (Wildman–Crippen LogP) is 6.34. The number of benzene rings is 3. The lowest BCUT2D eigenvalue weighted by atomic mass is 9.88. The van der Waals surface area contributed by atoms with Gasteiger partial charge in [0.05, 0.1) is 0 Å². The molecule has 0 aliphatic carbocycles. The van der Waals surface area contributed by atoms with Crippen LogP contribution in [-0.4, -0.2) is 6.54 Å². The molecular formula is C25H29N. The first kappa shape index (κ1) is 18.4. The lowest BCUT2D eigenvalue weighted by Gasteiger charge is -2.22. The molecule has 0 aliphatic rings. The minimum atomic E-state index is 0.433. The van der Waals surface area contributed by atoms with E-state index in [1.807, 2.05) is 0 Å². The van der Waals surface area contributed by atoms with Gasteiger partial charge in [-0.2, -0.15) is 0 Å². The maximum Gasteiger partial charge on any atom is 0.0320 e. The highest BCUT2D eigenvalue weighted by atomic mass is 14.9. The van der Waals surface area contributed by atoms with Crippen molar-refractivity contribution in [3.8, 4) is 0 Å². The third-order valence-corrected chi connectivity index (χ3v) is 5.01. The second kappa shape index (κ2) is 9.94. The molecule has 1 atom stereocenters. The Labute approximate surface area is 158 Å². The topological polar surface area (TPSA) is 12.0 Å². The van der Waals surface area contributed by atoms with Gasteiger partial charge >= 0.3 is 0 Å². The molecule has 3 aromatic carbocycles. The number of nitrogens with one attached hydrogen (secondary N) is 1. The Kier molecular flexibility index (Phi) is 7.04. The van der Waals surface area contributed by atoms with Gasteiger partial charge in [0.15, 0.2) is 0 Å². The van der Waals surface area contributed by atoms with Crippen molar-refractivity contribution in [2.45, 2.75) is 38.1 Å². The Morgan fingerprint density at radius 2 is 1.08 bits per heavy atom. The molecule has 0 amide bonds. The number of hydrogen-bond donors (Lipinski definition) is 1. The molecule has 0 aromatic heterocycles. The fraction of sp³-hybridized carbons (Fsp3) is 0.280. The van der Waals surface area contributed by atoms with E-state index < -0.39 is 0 Å². The molecule has 0 bridgehead atoms. The SMILES string of the molecule is CCCC(NCCC(c1ccccc1)c1ccccc1)c1ccccc1. The van der Waals surface area contributed by atoms with E-state index in [-0.39, 0.29) is 0 Å². The third-order valence-electron chi connectivity index (χ3n) is 5.01. The van der Waals surface area contributed by atoms with Gasteiger partial charge in [-0.05, 0) is 36.1 Å². The van der Waals surface area contributed by atoms with Crippen molar-refractivity contribution >= 4 is 0 Å². The average molecular weight is 344 g/mol. The van der Waals surface area contributed by atoms with Gasteiger partial charge in [-0.25, -0.2) is 0 Å². The standard InChI is InChI=1S/C25H29N/c1-2-12-25(23-17-10-5-11-18-23)26-20-19-24(21-13-6-3-7-14-21)22-15-8-4-9-16-22/h3-11,13-18,24-26H,2,12,19-20H2,1H3. The van der Waals surface area contributed by atoms with Crippen LogP contribution < -0.4 is 5.32 Å². The van der Waals surface area contributed by atoms with Crippen molar-refractivity contribution in [2.75, 3.05) is 6.54 Å². The zero-order chi connectivity index (χ0) is 18.0. The van der Waals surface area contributed by atoms with E-state index in [4.69, 9.17) is 0 Å². The molecule has 3 rings (SSSR count). The van der Waals surface area contributed by atoms with Crippen molar-refractivity contribution < 1.29 is 0 Å². The van der Waals surface area contributed by atoms with Gasteiger partial charge in [-0.3, -0.25) is 0 Å². The molecule has 0 fully saturated rings. The van der Waals surface area contributed by atoms with Crippen LogP contribution in [0, 0.1) is 0 Å². The Morgan fingerprint density at radius 1 is 0.615 bits per heavy atom. The molecule has 134 valence electrons. The second-order valence-electron chi connectivity index (χ2n) is 6.87. The molecule has 0 radical (unpaired) electrons. The van der Waals surface area contributed by atoms with Crippen LogP contribution in [0.3, 0.4) is 0 Å². The third kappa shape index (κ3) is 5.06. The van der Waals surface area contributed by atoms with E-state index >= 15 is 0 Å². The molecule has 1 nitrogen and oxygen atoms in total. The van der Waals surface area contributed by atoms with Crippen LogP contribution in [0.4, 0.5) is 0 Å². The van der Waals surface area contributed by atoms with E-state index in [1.54, 1.807) is 0 Å². The number of hydrogen-bond acceptors (Lipinski definition) is 1. The maximum absolute atomic E-state index is 3.81. The Bertz CT molecular complexity index is 697. The minimum Gasteiger partial charge on any atom is -0.310 e.